The summed E-state index contributed by atoms with van der Waals surface area (Å²) in [5, 5.41) is -2.10. The van der Waals surface area contributed by atoms with E-state index in [2.05, 4.69) is 0 Å². The van der Waals surface area contributed by atoms with Gasteiger partial charge in [-0.3, -0.25) is 0 Å². The zero-order chi connectivity index (χ0) is 16.0. The summed E-state index contributed by atoms with van der Waals surface area (Å²) in [6.45, 7) is 1.36. The third-order valence-electron chi connectivity index (χ3n) is 3.31. The third kappa shape index (κ3) is 2.00. The number of rotatable bonds is 1. The Kier molecular flexibility index (Phi) is 3.43. The first-order chi connectivity index (χ1) is 10.4. The predicted molar refractivity (Wildman–Crippen MR) is 70.5 cm³/mol. The van der Waals surface area contributed by atoms with E-state index in [4.69, 9.17) is 0 Å². The van der Waals surface area contributed by atoms with Gasteiger partial charge in [0.05, 0.1) is 0 Å². The fourth-order valence-electron chi connectivity index (χ4n) is 2.35. The quantitative estimate of drug-likeness (QED) is 0.348. The molecule has 0 spiro atoms. The van der Waals surface area contributed by atoms with Gasteiger partial charge < -0.3 is 0 Å². The van der Waals surface area contributed by atoms with Crippen LogP contribution in [0.2, 0.25) is 0 Å². The van der Waals surface area contributed by atoms with Gasteiger partial charge in [-0.05, 0) is 0 Å². The van der Waals surface area contributed by atoms with Gasteiger partial charge in [0, 0.05) is 0 Å². The summed E-state index contributed by atoms with van der Waals surface area (Å²) < 4.78 is 82.4. The van der Waals surface area contributed by atoms with Gasteiger partial charge in [-0.1, -0.05) is 0 Å². The molecule has 2 aromatic carbocycles. The van der Waals surface area contributed by atoms with Crippen LogP contribution in [-0.2, 0) is 0 Å². The van der Waals surface area contributed by atoms with E-state index in [0.29, 0.717) is 6.07 Å². The number of hydrogen-bond acceptors (Lipinski definition) is 0. The van der Waals surface area contributed by atoms with Gasteiger partial charge in [0.15, 0.2) is 0 Å². The molecule has 0 aliphatic carbocycles. The van der Waals surface area contributed by atoms with E-state index in [1.165, 1.54) is 25.0 Å². The summed E-state index contributed by atoms with van der Waals surface area (Å²) in [5.74, 6) is -9.24. The molecule has 0 aliphatic heterocycles. The zero-order valence-corrected chi connectivity index (χ0v) is 10.7. The molecule has 0 amide bonds. The number of fused-ring (bicyclic) bond motifs is 1. The number of halogens is 6. The van der Waals surface area contributed by atoms with Gasteiger partial charge >= 0.3 is 120 Å². The predicted octanol–water partition coefficient (Wildman–Crippen LogP) is 4.68. The molecule has 0 bridgehead atoms. The van der Waals surface area contributed by atoms with Gasteiger partial charge in [0.1, 0.15) is 0 Å². The van der Waals surface area contributed by atoms with Gasteiger partial charge in [-0.2, -0.15) is 0 Å². The van der Waals surface area contributed by atoms with Crippen molar-refractivity contribution in [3.63, 3.8) is 0 Å². The first-order valence-electron chi connectivity index (χ1n) is 6.12. The summed E-state index contributed by atoms with van der Waals surface area (Å²) in [6.07, 6.45) is 0. The summed E-state index contributed by atoms with van der Waals surface area (Å²) in [6, 6.07) is 4.74. The minimum absolute atomic E-state index is 0.0781. The second kappa shape index (κ2) is 5.16. The summed E-state index contributed by atoms with van der Waals surface area (Å²) in [4.78, 5) is 0. The standard InChI is InChI=1S/C15H5BF6/c17-7-5-8(18)10-11(9(7)6-3-1-2-4-16-6)13(20)15(22)14(21)12(10)19/h1-5H. The topological polar surface area (TPSA) is 0 Å². The van der Waals surface area contributed by atoms with Crippen LogP contribution in [0, 0.1) is 34.9 Å². The second-order valence-corrected chi connectivity index (χ2v) is 4.59. The zero-order valence-electron chi connectivity index (χ0n) is 10.7. The Morgan fingerprint density at radius 2 is 1.32 bits per heavy atom. The van der Waals surface area contributed by atoms with E-state index >= 15 is 0 Å². The van der Waals surface area contributed by atoms with E-state index < -0.39 is 51.2 Å². The molecule has 0 aliphatic rings. The van der Waals surface area contributed by atoms with Crippen LogP contribution in [0.5, 0.6) is 0 Å². The summed E-state index contributed by atoms with van der Waals surface area (Å²) >= 11 is 0. The average Bonchev–Trinajstić information content (AvgIpc) is 2.51. The molecule has 1 heterocycles. The van der Waals surface area contributed by atoms with E-state index in [0.717, 1.165) is 0 Å². The van der Waals surface area contributed by atoms with Gasteiger partial charge in [-0.15, -0.1) is 0 Å². The van der Waals surface area contributed by atoms with Crippen molar-refractivity contribution < 1.29 is 26.3 Å². The molecule has 110 valence electrons. The Morgan fingerprint density at radius 1 is 0.682 bits per heavy atom. The minimum atomic E-state index is -2.14. The maximum absolute atomic E-state index is 14.1. The Labute approximate surface area is 121 Å². The molecule has 0 atom stereocenters. The molecular weight excluding hydrogens is 305 g/mol. The normalized spacial score (nSPS) is 11.0. The first-order valence-corrected chi connectivity index (χ1v) is 6.12. The Hall–Kier alpha value is -2.31. The van der Waals surface area contributed by atoms with Gasteiger partial charge in [0.25, 0.3) is 0 Å². The van der Waals surface area contributed by atoms with Crippen molar-refractivity contribution >= 4 is 17.7 Å². The van der Waals surface area contributed by atoms with Gasteiger partial charge in [0.2, 0.25) is 0 Å². The van der Waals surface area contributed by atoms with Crippen LogP contribution < -0.4 is 0 Å². The van der Waals surface area contributed by atoms with Crippen molar-refractivity contribution in [3.05, 3.63) is 65.1 Å². The molecule has 0 unspecified atom stereocenters. The molecule has 3 rings (SSSR count). The SMILES string of the molecule is Fc1cc(F)c2c(F)c(F)c(F)c(F)c2c1-c1bcccc1. The molecule has 1 aromatic heterocycles. The van der Waals surface area contributed by atoms with Crippen LogP contribution in [0.3, 0.4) is 0 Å². The van der Waals surface area contributed by atoms with Crippen molar-refractivity contribution in [1.29, 1.82) is 0 Å². The molecule has 22 heavy (non-hydrogen) atoms. The fourth-order valence-corrected chi connectivity index (χ4v) is 2.35. The second-order valence-electron chi connectivity index (χ2n) is 4.59. The Bertz CT molecular complexity index is 892. The molecule has 0 saturated carbocycles. The fraction of sp³-hybridized carbons (Fsp3) is 0. The molecule has 0 saturated heterocycles. The van der Waals surface area contributed by atoms with Gasteiger partial charge in [-0.25, -0.2) is 0 Å². The summed E-state index contributed by atoms with van der Waals surface area (Å²) in [5.41, 5.74) is -0.457. The van der Waals surface area contributed by atoms with Crippen molar-refractivity contribution in [2.75, 3.05) is 0 Å². The molecule has 0 N–H and O–H groups in total. The van der Waals surface area contributed by atoms with Crippen LogP contribution in [0.4, 0.5) is 26.3 Å². The van der Waals surface area contributed by atoms with Crippen molar-refractivity contribution in [2.24, 2.45) is 0 Å². The van der Waals surface area contributed by atoms with E-state index in [1.807, 2.05) is 0 Å². The molecule has 7 heteroatoms. The van der Waals surface area contributed by atoms with Crippen molar-refractivity contribution in [3.8, 4) is 11.0 Å². The van der Waals surface area contributed by atoms with Crippen LogP contribution >= 0.6 is 0 Å². The number of hydrogen-bond donors (Lipinski definition) is 0. The molecule has 0 fully saturated rings. The Balaban J connectivity index is 2.59. The van der Waals surface area contributed by atoms with Crippen LogP contribution in [0.25, 0.3) is 21.8 Å². The van der Waals surface area contributed by atoms with E-state index in [-0.39, 0.29) is 5.46 Å². The van der Waals surface area contributed by atoms with Crippen molar-refractivity contribution in [1.82, 2.24) is 0 Å². The molecule has 3 aromatic rings. The molecular formula is C15H5BF6. The van der Waals surface area contributed by atoms with E-state index in [9.17, 15) is 26.3 Å². The molecule has 0 nitrogen and oxygen atoms in total. The summed E-state index contributed by atoms with van der Waals surface area (Å²) in [7, 11) is 0. The van der Waals surface area contributed by atoms with Crippen LogP contribution in [-0.4, -0.2) is 6.91 Å². The molecule has 0 radical (unpaired) electrons. The monoisotopic (exact) mass is 310 g/mol. The van der Waals surface area contributed by atoms with E-state index in [1.54, 1.807) is 6.07 Å². The van der Waals surface area contributed by atoms with Crippen LogP contribution in [0.1, 0.15) is 0 Å². The number of benzene rings is 2. The average molecular weight is 310 g/mol. The van der Waals surface area contributed by atoms with Crippen molar-refractivity contribution in [2.45, 2.75) is 0 Å². The maximum atomic E-state index is 14.1. The van der Waals surface area contributed by atoms with Crippen LogP contribution in [0.15, 0.2) is 30.2 Å². The first kappa shape index (κ1) is 14.6. The third-order valence-corrected chi connectivity index (χ3v) is 3.31. The Morgan fingerprint density at radius 3 is 1.91 bits per heavy atom.